The lowest BCUT2D eigenvalue weighted by molar-refractivity contribution is 0.789. The number of hydrogen-bond acceptors (Lipinski definition) is 3. The Morgan fingerprint density at radius 2 is 2.18 bits per heavy atom. The Hall–Kier alpha value is -0.840. The van der Waals surface area contributed by atoms with Crippen LogP contribution in [0.25, 0.3) is 10.1 Å². The summed E-state index contributed by atoms with van der Waals surface area (Å²) in [6, 6.07) is 8.30. The van der Waals surface area contributed by atoms with Crippen LogP contribution in [0.2, 0.25) is 0 Å². The van der Waals surface area contributed by atoms with Crippen molar-refractivity contribution in [3.63, 3.8) is 0 Å². The van der Waals surface area contributed by atoms with Gasteiger partial charge in [-0.25, -0.2) is 4.99 Å². The summed E-state index contributed by atoms with van der Waals surface area (Å²) in [6.45, 7) is 0. The number of rotatable bonds is 1. The van der Waals surface area contributed by atoms with Crippen molar-refractivity contribution in [1.29, 1.82) is 0 Å². The predicted octanol–water partition coefficient (Wildman–Crippen LogP) is 4.42. The molecule has 1 aromatic carbocycles. The fourth-order valence-corrected chi connectivity index (χ4v) is 4.22. The highest BCUT2D eigenvalue weighted by Gasteiger charge is 2.22. The quantitative estimate of drug-likeness (QED) is 0.824. The molecule has 1 aliphatic rings. The molecule has 5 heteroatoms. The highest BCUT2D eigenvalue weighted by Crippen LogP contribution is 2.42. The number of aliphatic imine (C=N–C) groups is 1. The maximum Gasteiger partial charge on any atom is 0.100 e. The molecule has 1 atom stereocenters. The first-order chi connectivity index (χ1) is 8.27. The van der Waals surface area contributed by atoms with E-state index in [4.69, 9.17) is 11.6 Å². The molecule has 1 aliphatic heterocycles. The molecule has 86 valence electrons. The lowest BCUT2D eigenvalue weighted by Gasteiger charge is -2.17. The van der Waals surface area contributed by atoms with E-state index in [0.717, 1.165) is 4.47 Å². The van der Waals surface area contributed by atoms with Gasteiger partial charge in [-0.1, -0.05) is 29.8 Å². The minimum Gasteiger partial charge on any atom is -0.363 e. The number of thiophene rings is 1. The molecule has 1 unspecified atom stereocenters. The highest BCUT2D eigenvalue weighted by molar-refractivity contribution is 9.10. The minimum absolute atomic E-state index is 0.000872. The van der Waals surface area contributed by atoms with Crippen molar-refractivity contribution >= 4 is 55.3 Å². The van der Waals surface area contributed by atoms with Crippen molar-refractivity contribution in [2.75, 3.05) is 0 Å². The van der Waals surface area contributed by atoms with Crippen molar-refractivity contribution in [2.45, 2.75) is 6.04 Å². The Labute approximate surface area is 116 Å². The molecule has 0 spiro atoms. The van der Waals surface area contributed by atoms with Gasteiger partial charge in [0.15, 0.2) is 0 Å². The Morgan fingerprint density at radius 3 is 2.94 bits per heavy atom. The zero-order chi connectivity index (χ0) is 11.8. The maximum atomic E-state index is 6.19. The summed E-state index contributed by atoms with van der Waals surface area (Å²) >= 11 is 11.6. The van der Waals surface area contributed by atoms with Crippen molar-refractivity contribution in [3.8, 4) is 0 Å². The molecule has 0 saturated carbocycles. The van der Waals surface area contributed by atoms with Gasteiger partial charge in [-0.2, -0.15) is 0 Å². The molecule has 0 bridgehead atoms. The first-order valence-corrected chi connectivity index (χ1v) is 7.06. The fraction of sp³-hybridized carbons (Fsp3) is 0.0833. The van der Waals surface area contributed by atoms with Crippen molar-refractivity contribution < 1.29 is 0 Å². The minimum atomic E-state index is 0.000872. The van der Waals surface area contributed by atoms with Crippen LogP contribution in [0.5, 0.6) is 0 Å². The van der Waals surface area contributed by atoms with E-state index >= 15 is 0 Å². The molecule has 2 nitrogen and oxygen atoms in total. The molecule has 17 heavy (non-hydrogen) atoms. The first-order valence-electron chi connectivity index (χ1n) is 5.07. The Bertz CT molecular complexity index is 632. The van der Waals surface area contributed by atoms with Gasteiger partial charge in [-0.3, -0.25) is 0 Å². The van der Waals surface area contributed by atoms with Gasteiger partial charge in [-0.15, -0.1) is 11.3 Å². The van der Waals surface area contributed by atoms with Crippen LogP contribution in [0.4, 0.5) is 0 Å². The monoisotopic (exact) mass is 326 g/mol. The van der Waals surface area contributed by atoms with Crippen molar-refractivity contribution in [3.05, 3.63) is 44.8 Å². The number of halogens is 2. The second-order valence-electron chi connectivity index (χ2n) is 3.67. The Balaban J connectivity index is 2.15. The van der Waals surface area contributed by atoms with Crippen LogP contribution in [0.15, 0.2) is 45.0 Å². The van der Waals surface area contributed by atoms with E-state index in [2.05, 4.69) is 38.4 Å². The average molecular weight is 328 g/mol. The topological polar surface area (TPSA) is 24.4 Å². The van der Waals surface area contributed by atoms with Gasteiger partial charge in [0.1, 0.15) is 6.04 Å². The lowest BCUT2D eigenvalue weighted by Crippen LogP contribution is -2.21. The third-order valence-corrected chi connectivity index (χ3v) is 5.28. The van der Waals surface area contributed by atoms with Gasteiger partial charge >= 0.3 is 0 Å². The van der Waals surface area contributed by atoms with Crippen LogP contribution in [-0.4, -0.2) is 6.34 Å². The highest BCUT2D eigenvalue weighted by atomic mass is 79.9. The molecule has 0 fully saturated rings. The van der Waals surface area contributed by atoms with Gasteiger partial charge in [0.05, 0.1) is 11.4 Å². The van der Waals surface area contributed by atoms with Crippen LogP contribution in [0.1, 0.15) is 10.9 Å². The van der Waals surface area contributed by atoms with E-state index in [9.17, 15) is 0 Å². The fourth-order valence-electron chi connectivity index (χ4n) is 1.80. The van der Waals surface area contributed by atoms with Crippen LogP contribution >= 0.6 is 38.9 Å². The zero-order valence-electron chi connectivity index (χ0n) is 8.65. The van der Waals surface area contributed by atoms with E-state index in [-0.39, 0.29) is 6.04 Å². The summed E-state index contributed by atoms with van der Waals surface area (Å²) < 4.78 is 2.36. The molecular weight excluding hydrogens is 320 g/mol. The van der Waals surface area contributed by atoms with E-state index in [1.807, 2.05) is 12.1 Å². The van der Waals surface area contributed by atoms with Crippen LogP contribution in [0, 0.1) is 0 Å². The number of fused-ring (bicyclic) bond motifs is 1. The molecule has 0 saturated heterocycles. The number of benzene rings is 1. The summed E-state index contributed by atoms with van der Waals surface area (Å²) in [4.78, 5) is 5.16. The summed E-state index contributed by atoms with van der Waals surface area (Å²) in [7, 11) is 0. The normalized spacial score (nSPS) is 19.2. The number of hydrogen-bond donors (Lipinski definition) is 1. The van der Waals surface area contributed by atoms with Crippen LogP contribution in [-0.2, 0) is 0 Å². The molecular formula is C12H8BrClN2S. The van der Waals surface area contributed by atoms with E-state index in [1.165, 1.54) is 15.0 Å². The van der Waals surface area contributed by atoms with Gasteiger partial charge in [0.2, 0.25) is 0 Å². The second kappa shape index (κ2) is 4.44. The Kier molecular flexibility index (Phi) is 2.94. The van der Waals surface area contributed by atoms with Gasteiger partial charge < -0.3 is 5.32 Å². The summed E-state index contributed by atoms with van der Waals surface area (Å²) in [5.41, 5.74) is 0. The first kappa shape index (κ1) is 11.3. The molecule has 2 heterocycles. The summed E-state index contributed by atoms with van der Waals surface area (Å²) in [5.74, 6) is 0. The van der Waals surface area contributed by atoms with E-state index in [1.54, 1.807) is 23.9 Å². The third-order valence-electron chi connectivity index (χ3n) is 2.61. The van der Waals surface area contributed by atoms with Crippen molar-refractivity contribution in [2.24, 2.45) is 4.99 Å². The van der Waals surface area contributed by atoms with Crippen LogP contribution < -0.4 is 5.32 Å². The van der Waals surface area contributed by atoms with Crippen LogP contribution in [0.3, 0.4) is 0 Å². The molecule has 2 aromatic rings. The third kappa shape index (κ3) is 1.90. The smallest absolute Gasteiger partial charge is 0.100 e. The van der Waals surface area contributed by atoms with E-state index < -0.39 is 0 Å². The van der Waals surface area contributed by atoms with Gasteiger partial charge in [0, 0.05) is 25.6 Å². The SMILES string of the molecule is ClC1=CN=CNC1c1sc2ccccc2c1Br. The predicted molar refractivity (Wildman–Crippen MR) is 77.8 cm³/mol. The van der Waals surface area contributed by atoms with E-state index in [0.29, 0.717) is 5.03 Å². The van der Waals surface area contributed by atoms with Gasteiger partial charge in [-0.05, 0) is 22.0 Å². The molecule has 0 amide bonds. The molecule has 3 rings (SSSR count). The molecule has 1 N–H and O–H groups in total. The summed E-state index contributed by atoms with van der Waals surface area (Å²) in [5, 5.41) is 5.11. The summed E-state index contributed by atoms with van der Waals surface area (Å²) in [6.07, 6.45) is 3.35. The average Bonchev–Trinajstić information content (AvgIpc) is 2.68. The zero-order valence-corrected chi connectivity index (χ0v) is 11.8. The van der Waals surface area contributed by atoms with Gasteiger partial charge in [0.25, 0.3) is 0 Å². The Morgan fingerprint density at radius 1 is 1.35 bits per heavy atom. The maximum absolute atomic E-state index is 6.19. The molecule has 0 radical (unpaired) electrons. The number of nitrogens with zero attached hydrogens (tertiary/aromatic N) is 1. The molecule has 0 aliphatic carbocycles. The molecule has 1 aromatic heterocycles. The standard InChI is InChI=1S/C12H8BrClN2S/c13-10-7-3-1-2-4-9(7)17-12(10)11-8(14)5-15-6-16-11/h1-6,11H,(H,15,16). The largest absolute Gasteiger partial charge is 0.363 e. The lowest BCUT2D eigenvalue weighted by atomic mass is 10.2. The number of nitrogens with one attached hydrogen (secondary N) is 1. The second-order valence-corrected chi connectivity index (χ2v) is 5.98. The van der Waals surface area contributed by atoms with Crippen molar-refractivity contribution in [1.82, 2.24) is 5.32 Å².